The molecule has 0 spiro atoms. The molecule has 3 rings (SSSR count). The summed E-state index contributed by atoms with van der Waals surface area (Å²) in [5.41, 5.74) is 1.94. The van der Waals surface area contributed by atoms with Crippen LogP contribution in [0.3, 0.4) is 0 Å². The fourth-order valence-electron chi connectivity index (χ4n) is 2.61. The summed E-state index contributed by atoms with van der Waals surface area (Å²) in [6.45, 7) is 3.70. The third kappa shape index (κ3) is 4.44. The van der Waals surface area contributed by atoms with Gasteiger partial charge in [0, 0.05) is 17.8 Å². The molecule has 0 aliphatic rings. The molecule has 7 heteroatoms. The normalized spacial score (nSPS) is 10.5. The van der Waals surface area contributed by atoms with Gasteiger partial charge in [0.2, 0.25) is 0 Å². The summed E-state index contributed by atoms with van der Waals surface area (Å²) in [5, 5.41) is 5.58. The number of hydrogen-bond donors (Lipinski definition) is 2. The third-order valence-electron chi connectivity index (χ3n) is 3.91. The lowest BCUT2D eigenvalue weighted by molar-refractivity contribution is 0.102. The molecule has 0 radical (unpaired) electrons. The number of amides is 1. The number of aryl methyl sites for hydroxylation is 2. The van der Waals surface area contributed by atoms with Crippen LogP contribution in [0.1, 0.15) is 28.8 Å². The van der Waals surface area contributed by atoms with Crippen LogP contribution in [-0.4, -0.2) is 15.9 Å². The van der Waals surface area contributed by atoms with Crippen molar-refractivity contribution in [1.29, 1.82) is 0 Å². The SMILES string of the molecule is CCc1ccccc1Nc1cc(C(=O)Nc2ccc(F)cc2F)nc(C)n1. The molecule has 0 saturated heterocycles. The highest BCUT2D eigenvalue weighted by atomic mass is 19.1. The summed E-state index contributed by atoms with van der Waals surface area (Å²) in [7, 11) is 0. The second kappa shape index (κ2) is 7.90. The number of aromatic nitrogens is 2. The molecule has 5 nitrogen and oxygen atoms in total. The van der Waals surface area contributed by atoms with Gasteiger partial charge >= 0.3 is 0 Å². The molecule has 0 aliphatic heterocycles. The summed E-state index contributed by atoms with van der Waals surface area (Å²) in [6, 6.07) is 12.2. The van der Waals surface area contributed by atoms with E-state index in [0.717, 1.165) is 29.8 Å². The first kappa shape index (κ1) is 18.4. The summed E-state index contributed by atoms with van der Waals surface area (Å²) in [4.78, 5) is 20.8. The van der Waals surface area contributed by atoms with Gasteiger partial charge in [0.15, 0.2) is 0 Å². The number of para-hydroxylation sites is 1. The maximum atomic E-state index is 13.8. The van der Waals surface area contributed by atoms with Crippen LogP contribution < -0.4 is 10.6 Å². The number of benzene rings is 2. The molecule has 0 aliphatic carbocycles. The van der Waals surface area contributed by atoms with Crippen molar-refractivity contribution >= 4 is 23.1 Å². The molecule has 3 aromatic rings. The van der Waals surface area contributed by atoms with E-state index in [1.807, 2.05) is 31.2 Å². The minimum atomic E-state index is -0.857. The van der Waals surface area contributed by atoms with E-state index in [0.29, 0.717) is 17.7 Å². The predicted octanol–water partition coefficient (Wildman–Crippen LogP) is 4.62. The van der Waals surface area contributed by atoms with Gasteiger partial charge in [-0.2, -0.15) is 0 Å². The van der Waals surface area contributed by atoms with Gasteiger partial charge in [0.1, 0.15) is 29.0 Å². The standard InChI is InChI=1S/C20H18F2N4O/c1-3-13-6-4-5-7-16(13)25-19-11-18(23-12(2)24-19)20(27)26-17-9-8-14(21)10-15(17)22/h4-11H,3H2,1-2H3,(H,26,27)(H,23,24,25). The van der Waals surface area contributed by atoms with Crippen molar-refractivity contribution in [3.8, 4) is 0 Å². The van der Waals surface area contributed by atoms with Gasteiger partial charge in [-0.25, -0.2) is 18.7 Å². The van der Waals surface area contributed by atoms with Crippen LogP contribution in [0, 0.1) is 18.6 Å². The lowest BCUT2D eigenvalue weighted by atomic mass is 10.1. The molecule has 0 atom stereocenters. The van der Waals surface area contributed by atoms with E-state index in [9.17, 15) is 13.6 Å². The number of nitrogens with zero attached hydrogens (tertiary/aromatic N) is 2. The molecular weight excluding hydrogens is 350 g/mol. The van der Waals surface area contributed by atoms with E-state index in [-0.39, 0.29) is 11.4 Å². The third-order valence-corrected chi connectivity index (χ3v) is 3.91. The zero-order valence-corrected chi connectivity index (χ0v) is 14.9. The van der Waals surface area contributed by atoms with Gasteiger partial charge < -0.3 is 10.6 Å². The highest BCUT2D eigenvalue weighted by Gasteiger charge is 2.14. The summed E-state index contributed by atoms with van der Waals surface area (Å²) in [6.07, 6.45) is 0.838. The first-order chi connectivity index (χ1) is 13.0. The molecule has 2 N–H and O–H groups in total. The van der Waals surface area contributed by atoms with Gasteiger partial charge in [-0.1, -0.05) is 25.1 Å². The second-order valence-corrected chi connectivity index (χ2v) is 5.90. The second-order valence-electron chi connectivity index (χ2n) is 5.90. The number of carbonyl (C=O) groups excluding carboxylic acids is 1. The quantitative estimate of drug-likeness (QED) is 0.689. The maximum Gasteiger partial charge on any atom is 0.274 e. The number of hydrogen-bond acceptors (Lipinski definition) is 4. The molecule has 27 heavy (non-hydrogen) atoms. The lowest BCUT2D eigenvalue weighted by Gasteiger charge is -2.12. The predicted molar refractivity (Wildman–Crippen MR) is 100 cm³/mol. The van der Waals surface area contributed by atoms with E-state index >= 15 is 0 Å². The van der Waals surface area contributed by atoms with Crippen LogP contribution in [0.4, 0.5) is 26.0 Å². The molecule has 138 valence electrons. The van der Waals surface area contributed by atoms with Crippen molar-refractivity contribution in [2.75, 3.05) is 10.6 Å². The molecule has 0 fully saturated rings. The van der Waals surface area contributed by atoms with E-state index in [1.165, 1.54) is 6.07 Å². The van der Waals surface area contributed by atoms with Gasteiger partial charge in [-0.3, -0.25) is 4.79 Å². The Bertz CT molecular complexity index is 991. The Morgan fingerprint density at radius 2 is 1.81 bits per heavy atom. The lowest BCUT2D eigenvalue weighted by Crippen LogP contribution is -2.16. The van der Waals surface area contributed by atoms with Crippen LogP contribution in [0.2, 0.25) is 0 Å². The van der Waals surface area contributed by atoms with Crippen molar-refractivity contribution in [1.82, 2.24) is 9.97 Å². The smallest absolute Gasteiger partial charge is 0.274 e. The Balaban J connectivity index is 1.85. The molecule has 0 bridgehead atoms. The van der Waals surface area contributed by atoms with Crippen molar-refractivity contribution < 1.29 is 13.6 Å². The first-order valence-electron chi connectivity index (χ1n) is 8.43. The van der Waals surface area contributed by atoms with E-state index in [2.05, 4.69) is 20.6 Å². The molecule has 0 saturated carbocycles. The Hall–Kier alpha value is -3.35. The van der Waals surface area contributed by atoms with Crippen LogP contribution in [0.15, 0.2) is 48.5 Å². The van der Waals surface area contributed by atoms with E-state index < -0.39 is 17.5 Å². The fraction of sp³-hybridized carbons (Fsp3) is 0.150. The minimum absolute atomic E-state index is 0.0719. The average molecular weight is 368 g/mol. The van der Waals surface area contributed by atoms with Gasteiger partial charge in [0.25, 0.3) is 5.91 Å². The Morgan fingerprint density at radius 1 is 1.04 bits per heavy atom. The Kier molecular flexibility index (Phi) is 5.40. The van der Waals surface area contributed by atoms with Crippen molar-refractivity contribution in [3.05, 3.63) is 77.2 Å². The first-order valence-corrected chi connectivity index (χ1v) is 8.43. The number of carbonyl (C=O) groups is 1. The van der Waals surface area contributed by atoms with Crippen LogP contribution >= 0.6 is 0 Å². The van der Waals surface area contributed by atoms with E-state index in [4.69, 9.17) is 0 Å². The Labute approximate surface area is 155 Å². The average Bonchev–Trinajstić information content (AvgIpc) is 2.64. The van der Waals surface area contributed by atoms with Gasteiger partial charge in [-0.15, -0.1) is 0 Å². The van der Waals surface area contributed by atoms with Gasteiger partial charge in [0.05, 0.1) is 5.69 Å². The van der Waals surface area contributed by atoms with Crippen molar-refractivity contribution in [3.63, 3.8) is 0 Å². The van der Waals surface area contributed by atoms with Crippen LogP contribution in [0.5, 0.6) is 0 Å². The highest BCUT2D eigenvalue weighted by molar-refractivity contribution is 6.03. The highest BCUT2D eigenvalue weighted by Crippen LogP contribution is 2.21. The fourth-order valence-corrected chi connectivity index (χ4v) is 2.61. The monoisotopic (exact) mass is 368 g/mol. The molecule has 1 heterocycles. The molecule has 2 aromatic carbocycles. The van der Waals surface area contributed by atoms with Crippen LogP contribution in [-0.2, 0) is 6.42 Å². The number of halogens is 2. The number of nitrogens with one attached hydrogen (secondary N) is 2. The summed E-state index contributed by atoms with van der Waals surface area (Å²) >= 11 is 0. The van der Waals surface area contributed by atoms with Gasteiger partial charge in [-0.05, 0) is 37.1 Å². The zero-order valence-electron chi connectivity index (χ0n) is 14.9. The Morgan fingerprint density at radius 3 is 2.56 bits per heavy atom. The number of rotatable bonds is 5. The number of anilines is 3. The topological polar surface area (TPSA) is 66.9 Å². The van der Waals surface area contributed by atoms with Crippen LogP contribution in [0.25, 0.3) is 0 Å². The largest absolute Gasteiger partial charge is 0.340 e. The van der Waals surface area contributed by atoms with E-state index in [1.54, 1.807) is 6.92 Å². The zero-order chi connectivity index (χ0) is 19.4. The molecule has 0 unspecified atom stereocenters. The maximum absolute atomic E-state index is 13.8. The summed E-state index contributed by atoms with van der Waals surface area (Å²) < 4.78 is 26.8. The molecular formula is C20H18F2N4O. The van der Waals surface area contributed by atoms with Crippen molar-refractivity contribution in [2.45, 2.75) is 20.3 Å². The molecule has 1 amide bonds. The van der Waals surface area contributed by atoms with Crippen molar-refractivity contribution in [2.24, 2.45) is 0 Å². The minimum Gasteiger partial charge on any atom is -0.340 e. The summed E-state index contributed by atoms with van der Waals surface area (Å²) in [5.74, 6) is -1.35. The molecule has 1 aromatic heterocycles.